The average Bonchev–Trinajstić information content (AvgIpc) is 2.81. The predicted molar refractivity (Wildman–Crippen MR) is 139 cm³/mol. The molecule has 1 fully saturated rings. The Bertz CT molecular complexity index is 1520. The summed E-state index contributed by atoms with van der Waals surface area (Å²) in [6.45, 7) is 12.3. The number of benzene rings is 2. The maximum absolute atomic E-state index is 13.5. The van der Waals surface area contributed by atoms with E-state index in [2.05, 4.69) is 36.3 Å². The molecule has 0 saturated carbocycles. The summed E-state index contributed by atoms with van der Waals surface area (Å²) in [5.74, 6) is 0.690. The Morgan fingerprint density at radius 3 is 2.41 bits per heavy atom. The van der Waals surface area contributed by atoms with Gasteiger partial charge in [-0.3, -0.25) is 9.59 Å². The number of hydrogen-bond donors (Lipinski definition) is 0. The molecule has 1 atom stereocenters. The van der Waals surface area contributed by atoms with Crippen LogP contribution in [-0.4, -0.2) is 17.7 Å². The van der Waals surface area contributed by atoms with Crippen LogP contribution in [0.1, 0.15) is 56.3 Å². The molecule has 1 aliphatic heterocycles. The zero-order chi connectivity index (χ0) is 24.2. The lowest BCUT2D eigenvalue weighted by atomic mass is 9.82. The van der Waals surface area contributed by atoms with Gasteiger partial charge in [-0.25, -0.2) is 0 Å². The Labute approximate surface area is 199 Å². The fourth-order valence-corrected chi connectivity index (χ4v) is 5.20. The molecule has 0 aliphatic carbocycles. The molecule has 2 aromatic heterocycles. The van der Waals surface area contributed by atoms with E-state index in [0.29, 0.717) is 33.2 Å². The standard InChI is InChI=1S/C29H32N2O3/c1-18-16-22(20(3)31-13-10-25(32)21-8-6-7-9-24(21)31)27-23(17-18)26(33)19(2)28(34-27)30-14-11-29(4,5)12-15-30/h6-10,13,16-17,20H,11-12,14-15H2,1-5H3/t20-/m1/s1. The van der Waals surface area contributed by atoms with Crippen molar-refractivity contribution < 1.29 is 4.42 Å². The van der Waals surface area contributed by atoms with Crippen LogP contribution < -0.4 is 15.8 Å². The molecular formula is C29H32N2O3. The Kier molecular flexibility index (Phi) is 5.38. The van der Waals surface area contributed by atoms with Crippen LogP contribution in [0.3, 0.4) is 0 Å². The molecule has 5 rings (SSSR count). The van der Waals surface area contributed by atoms with Crippen molar-refractivity contribution in [3.8, 4) is 0 Å². The van der Waals surface area contributed by atoms with Crippen molar-refractivity contribution in [2.75, 3.05) is 18.0 Å². The minimum Gasteiger partial charge on any atom is -0.440 e. The first-order valence-electron chi connectivity index (χ1n) is 12.1. The number of pyridine rings is 1. The zero-order valence-corrected chi connectivity index (χ0v) is 20.6. The summed E-state index contributed by atoms with van der Waals surface area (Å²) < 4.78 is 8.69. The van der Waals surface area contributed by atoms with E-state index >= 15 is 0 Å². The van der Waals surface area contributed by atoms with Crippen molar-refractivity contribution in [3.05, 3.63) is 85.8 Å². The number of fused-ring (bicyclic) bond motifs is 2. The number of rotatable bonds is 3. The molecule has 0 radical (unpaired) electrons. The second-order valence-electron chi connectivity index (χ2n) is 10.5. The summed E-state index contributed by atoms with van der Waals surface area (Å²) in [4.78, 5) is 28.2. The summed E-state index contributed by atoms with van der Waals surface area (Å²) in [5, 5.41) is 1.30. The Morgan fingerprint density at radius 1 is 0.971 bits per heavy atom. The Morgan fingerprint density at radius 2 is 1.68 bits per heavy atom. The van der Waals surface area contributed by atoms with Gasteiger partial charge in [-0.05, 0) is 62.8 Å². The molecule has 0 unspecified atom stereocenters. The molecule has 0 spiro atoms. The van der Waals surface area contributed by atoms with Crippen LogP contribution in [0.5, 0.6) is 0 Å². The summed E-state index contributed by atoms with van der Waals surface area (Å²) in [7, 11) is 0. The van der Waals surface area contributed by atoms with Crippen LogP contribution in [0.15, 0.2) is 62.7 Å². The van der Waals surface area contributed by atoms with Gasteiger partial charge in [0.15, 0.2) is 10.9 Å². The lowest BCUT2D eigenvalue weighted by Gasteiger charge is -2.37. The van der Waals surface area contributed by atoms with Crippen molar-refractivity contribution in [1.82, 2.24) is 4.57 Å². The molecule has 0 N–H and O–H groups in total. The lowest BCUT2D eigenvalue weighted by Crippen LogP contribution is -2.38. The molecule has 0 amide bonds. The fraction of sp³-hybridized carbons (Fsp3) is 0.379. The van der Waals surface area contributed by atoms with Crippen molar-refractivity contribution in [1.29, 1.82) is 0 Å². The topological polar surface area (TPSA) is 55.5 Å². The molecule has 5 heteroatoms. The van der Waals surface area contributed by atoms with E-state index in [1.807, 2.05) is 50.4 Å². The fourth-order valence-electron chi connectivity index (χ4n) is 5.20. The van der Waals surface area contributed by atoms with Gasteiger partial charge in [-0.2, -0.15) is 0 Å². The third-order valence-electron chi connectivity index (χ3n) is 7.47. The highest BCUT2D eigenvalue weighted by Gasteiger charge is 2.29. The van der Waals surface area contributed by atoms with Gasteiger partial charge < -0.3 is 13.9 Å². The van der Waals surface area contributed by atoms with Gasteiger partial charge in [0, 0.05) is 36.3 Å². The second kappa shape index (κ2) is 8.15. The summed E-state index contributed by atoms with van der Waals surface area (Å²) in [6.07, 6.45) is 3.97. The monoisotopic (exact) mass is 456 g/mol. The van der Waals surface area contributed by atoms with Gasteiger partial charge in [-0.15, -0.1) is 0 Å². The minimum absolute atomic E-state index is 0.00520. The van der Waals surface area contributed by atoms with Gasteiger partial charge in [-0.1, -0.05) is 32.0 Å². The number of hydrogen-bond acceptors (Lipinski definition) is 4. The van der Waals surface area contributed by atoms with Crippen LogP contribution in [0, 0.1) is 19.3 Å². The van der Waals surface area contributed by atoms with Gasteiger partial charge in [0.2, 0.25) is 5.88 Å². The summed E-state index contributed by atoms with van der Waals surface area (Å²) in [6, 6.07) is 13.2. The minimum atomic E-state index is -0.133. The molecule has 1 aliphatic rings. The summed E-state index contributed by atoms with van der Waals surface area (Å²) in [5.41, 5.74) is 4.47. The van der Waals surface area contributed by atoms with Crippen LogP contribution in [0.4, 0.5) is 5.88 Å². The van der Waals surface area contributed by atoms with Crippen molar-refractivity contribution in [3.63, 3.8) is 0 Å². The molecule has 176 valence electrons. The highest BCUT2D eigenvalue weighted by Crippen LogP contribution is 2.36. The number of aryl methyl sites for hydroxylation is 1. The smallest absolute Gasteiger partial charge is 0.202 e. The largest absolute Gasteiger partial charge is 0.440 e. The third kappa shape index (κ3) is 3.73. The molecule has 3 heterocycles. The molecule has 0 bridgehead atoms. The first-order valence-corrected chi connectivity index (χ1v) is 12.1. The van der Waals surface area contributed by atoms with E-state index in [1.54, 1.807) is 6.07 Å². The average molecular weight is 457 g/mol. The van der Waals surface area contributed by atoms with Crippen LogP contribution in [0.25, 0.3) is 21.9 Å². The van der Waals surface area contributed by atoms with E-state index in [-0.39, 0.29) is 16.9 Å². The molecule has 1 saturated heterocycles. The third-order valence-corrected chi connectivity index (χ3v) is 7.47. The SMILES string of the molecule is Cc1cc([C@@H](C)n2ccc(=O)c3ccccc32)c2oc(N3CCC(C)(C)CC3)c(C)c(=O)c2c1. The van der Waals surface area contributed by atoms with E-state index in [4.69, 9.17) is 4.42 Å². The zero-order valence-electron chi connectivity index (χ0n) is 20.6. The molecule has 4 aromatic rings. The number of para-hydroxylation sites is 1. The number of nitrogens with zero attached hydrogens (tertiary/aromatic N) is 2. The van der Waals surface area contributed by atoms with Gasteiger partial charge >= 0.3 is 0 Å². The Hall–Kier alpha value is -3.34. The number of aromatic nitrogens is 1. The van der Waals surface area contributed by atoms with Gasteiger partial charge in [0.25, 0.3) is 0 Å². The lowest BCUT2D eigenvalue weighted by molar-refractivity contribution is 0.274. The van der Waals surface area contributed by atoms with E-state index in [9.17, 15) is 9.59 Å². The molecule has 34 heavy (non-hydrogen) atoms. The summed E-state index contributed by atoms with van der Waals surface area (Å²) >= 11 is 0. The van der Waals surface area contributed by atoms with Crippen molar-refractivity contribution >= 4 is 27.8 Å². The second-order valence-corrected chi connectivity index (χ2v) is 10.5. The highest BCUT2D eigenvalue weighted by molar-refractivity contribution is 5.84. The number of anilines is 1. The first-order chi connectivity index (χ1) is 16.2. The Balaban J connectivity index is 1.71. The first kappa shape index (κ1) is 22.5. The van der Waals surface area contributed by atoms with Crippen LogP contribution in [0.2, 0.25) is 0 Å². The van der Waals surface area contributed by atoms with E-state index < -0.39 is 0 Å². The molecule has 2 aromatic carbocycles. The predicted octanol–water partition coefficient (Wildman–Crippen LogP) is 5.96. The van der Waals surface area contributed by atoms with E-state index in [1.165, 1.54) is 0 Å². The van der Waals surface area contributed by atoms with Crippen molar-refractivity contribution in [2.45, 2.75) is 53.5 Å². The maximum atomic E-state index is 13.5. The molecular weight excluding hydrogens is 424 g/mol. The van der Waals surface area contributed by atoms with Gasteiger partial charge in [0.1, 0.15) is 5.58 Å². The quantitative estimate of drug-likeness (QED) is 0.382. The van der Waals surface area contributed by atoms with Gasteiger partial charge in [0.05, 0.1) is 22.5 Å². The number of piperidine rings is 1. The molecule has 5 nitrogen and oxygen atoms in total. The maximum Gasteiger partial charge on any atom is 0.202 e. The van der Waals surface area contributed by atoms with E-state index in [0.717, 1.165) is 42.6 Å². The van der Waals surface area contributed by atoms with Crippen molar-refractivity contribution in [2.24, 2.45) is 5.41 Å². The normalized spacial score (nSPS) is 16.8. The van der Waals surface area contributed by atoms with Crippen LogP contribution in [-0.2, 0) is 0 Å². The highest BCUT2D eigenvalue weighted by atomic mass is 16.4. The van der Waals surface area contributed by atoms with Crippen LogP contribution >= 0.6 is 0 Å².